The third-order valence-electron chi connectivity index (χ3n) is 4.92. The van der Waals surface area contributed by atoms with Crippen molar-refractivity contribution in [1.29, 1.82) is 0 Å². The SMILES string of the molecule is CCCCN(CCCC)c1ccc(/C=C/C2[C+]=C(c3ccc(Br)s3)O[B-](F)(F)O2)cc1. The van der Waals surface area contributed by atoms with Gasteiger partial charge in [0.2, 0.25) is 4.88 Å². The molecule has 0 radical (unpaired) electrons. The fourth-order valence-electron chi connectivity index (χ4n) is 3.25. The van der Waals surface area contributed by atoms with Crippen LogP contribution in [0.3, 0.4) is 0 Å². The maximum atomic E-state index is 14.0. The molecule has 1 unspecified atom stereocenters. The zero-order chi connectivity index (χ0) is 22.3. The van der Waals surface area contributed by atoms with Crippen LogP contribution in [0.5, 0.6) is 0 Å². The second-order valence-electron chi connectivity index (χ2n) is 7.43. The van der Waals surface area contributed by atoms with Crippen LogP contribution in [0.15, 0.2) is 46.3 Å². The summed E-state index contributed by atoms with van der Waals surface area (Å²) >= 11 is 4.65. The monoisotopic (exact) mass is 509 g/mol. The van der Waals surface area contributed by atoms with Crippen molar-refractivity contribution < 1.29 is 17.9 Å². The van der Waals surface area contributed by atoms with Gasteiger partial charge in [-0.3, -0.25) is 0 Å². The Morgan fingerprint density at radius 2 is 1.77 bits per heavy atom. The Morgan fingerprint density at radius 3 is 2.35 bits per heavy atom. The highest BCUT2D eigenvalue weighted by Crippen LogP contribution is 2.35. The molecule has 2 aromatic rings. The Morgan fingerprint density at radius 1 is 1.10 bits per heavy atom. The van der Waals surface area contributed by atoms with Crippen LogP contribution in [0.25, 0.3) is 11.8 Å². The molecular formula is C23H27BBrF2NO2S. The van der Waals surface area contributed by atoms with E-state index in [0.29, 0.717) is 4.88 Å². The first-order chi connectivity index (χ1) is 14.9. The summed E-state index contributed by atoms with van der Waals surface area (Å²) in [5.74, 6) is 0.0273. The van der Waals surface area contributed by atoms with Crippen molar-refractivity contribution in [3.8, 4) is 0 Å². The van der Waals surface area contributed by atoms with E-state index >= 15 is 0 Å². The van der Waals surface area contributed by atoms with Gasteiger partial charge in [0.1, 0.15) is 6.08 Å². The lowest BCUT2D eigenvalue weighted by atomic mass is 10.1. The smallest absolute Gasteiger partial charge is 0.600 e. The number of anilines is 1. The lowest BCUT2D eigenvalue weighted by Gasteiger charge is -2.29. The van der Waals surface area contributed by atoms with Crippen molar-refractivity contribution >= 4 is 51.9 Å². The van der Waals surface area contributed by atoms with Crippen LogP contribution in [0.1, 0.15) is 50.0 Å². The molecule has 3 nitrogen and oxygen atoms in total. The molecule has 1 aliphatic rings. The Balaban J connectivity index is 1.71. The topological polar surface area (TPSA) is 21.7 Å². The molecule has 3 rings (SSSR count). The fraction of sp³-hybridized carbons (Fsp3) is 0.391. The molecule has 1 aliphatic heterocycles. The number of thiophene rings is 1. The van der Waals surface area contributed by atoms with Gasteiger partial charge in [0.25, 0.3) is 0 Å². The molecule has 166 valence electrons. The number of halogens is 3. The summed E-state index contributed by atoms with van der Waals surface area (Å²) in [6, 6.07) is 11.7. The summed E-state index contributed by atoms with van der Waals surface area (Å²) in [6.45, 7) is 6.48. The van der Waals surface area contributed by atoms with Gasteiger partial charge in [0.05, 0.1) is 3.79 Å². The lowest BCUT2D eigenvalue weighted by molar-refractivity contribution is 0.104. The van der Waals surface area contributed by atoms with Gasteiger partial charge in [-0.15, -0.1) is 0 Å². The first kappa shape index (κ1) is 23.9. The minimum Gasteiger partial charge on any atom is -0.600 e. The van der Waals surface area contributed by atoms with Crippen molar-refractivity contribution in [2.75, 3.05) is 18.0 Å². The normalized spacial score (nSPS) is 17.8. The van der Waals surface area contributed by atoms with E-state index in [1.807, 2.05) is 12.1 Å². The van der Waals surface area contributed by atoms with Gasteiger partial charge < -0.3 is 22.8 Å². The standard InChI is InChI=1S/C23H27BBrF2NO2S/c1-3-5-15-28(16-6-4-2)19-10-7-18(8-11-19)9-12-20-17-21(30-24(26,27)29-20)22-13-14-23(25)31-22/h7-14,20H,3-6,15-16H2,1-2H3/b12-9+. The highest BCUT2D eigenvalue weighted by atomic mass is 79.9. The average molecular weight is 510 g/mol. The van der Waals surface area contributed by atoms with E-state index in [-0.39, 0.29) is 5.76 Å². The van der Waals surface area contributed by atoms with E-state index in [0.717, 1.165) is 48.1 Å². The van der Waals surface area contributed by atoms with Crippen LogP contribution in [0.4, 0.5) is 14.3 Å². The van der Waals surface area contributed by atoms with Crippen molar-refractivity contribution in [2.24, 2.45) is 0 Å². The van der Waals surface area contributed by atoms with E-state index in [2.05, 4.69) is 52.9 Å². The predicted molar refractivity (Wildman–Crippen MR) is 130 cm³/mol. The van der Waals surface area contributed by atoms with Crippen molar-refractivity contribution in [1.82, 2.24) is 0 Å². The molecule has 2 heterocycles. The Hall–Kier alpha value is -1.73. The highest BCUT2D eigenvalue weighted by molar-refractivity contribution is 9.11. The van der Waals surface area contributed by atoms with Crippen molar-refractivity contribution in [2.45, 2.75) is 45.6 Å². The van der Waals surface area contributed by atoms with Gasteiger partial charge >= 0.3 is 12.9 Å². The minimum atomic E-state index is -4.39. The van der Waals surface area contributed by atoms with E-state index in [9.17, 15) is 8.63 Å². The molecule has 8 heteroatoms. The van der Waals surface area contributed by atoms with Gasteiger partial charge in [0, 0.05) is 24.8 Å². The van der Waals surface area contributed by atoms with Crippen LogP contribution in [-0.2, 0) is 9.31 Å². The van der Waals surface area contributed by atoms with Gasteiger partial charge in [-0.25, -0.2) is 0 Å². The summed E-state index contributed by atoms with van der Waals surface area (Å²) in [4.78, 5) is 2.99. The minimum absolute atomic E-state index is 0.0273. The molecule has 0 fully saturated rings. The molecule has 0 saturated heterocycles. The van der Waals surface area contributed by atoms with Crippen molar-refractivity contribution in [3.05, 3.63) is 62.8 Å². The van der Waals surface area contributed by atoms with Crippen LogP contribution in [0, 0.1) is 6.08 Å². The van der Waals surface area contributed by atoms with Gasteiger partial charge in [-0.2, -0.15) is 0 Å². The highest BCUT2D eigenvalue weighted by Gasteiger charge is 2.43. The average Bonchev–Trinajstić information content (AvgIpc) is 3.18. The van der Waals surface area contributed by atoms with Crippen LogP contribution >= 0.6 is 27.3 Å². The molecule has 1 atom stereocenters. The summed E-state index contributed by atoms with van der Waals surface area (Å²) in [5, 5.41) is 0. The largest absolute Gasteiger partial charge is 0.668 e. The maximum absolute atomic E-state index is 14.0. The molecule has 0 saturated carbocycles. The quantitative estimate of drug-likeness (QED) is 0.243. The third-order valence-corrected chi connectivity index (χ3v) is 6.54. The second kappa shape index (κ2) is 11.2. The molecule has 0 bridgehead atoms. The molecule has 31 heavy (non-hydrogen) atoms. The molecule has 0 aliphatic carbocycles. The number of unbranched alkanes of at least 4 members (excludes halogenated alkanes) is 2. The first-order valence-electron chi connectivity index (χ1n) is 10.7. The summed E-state index contributed by atoms with van der Waals surface area (Å²) in [7, 11) is -4.39. The summed E-state index contributed by atoms with van der Waals surface area (Å²) < 4.78 is 38.3. The summed E-state index contributed by atoms with van der Waals surface area (Å²) in [6.07, 6.45) is 9.92. The fourth-order valence-corrected chi connectivity index (χ4v) is 4.59. The van der Waals surface area contributed by atoms with E-state index in [4.69, 9.17) is 9.31 Å². The Kier molecular flexibility index (Phi) is 8.67. The number of rotatable bonds is 10. The van der Waals surface area contributed by atoms with Gasteiger partial charge in [-0.05, 0) is 69.9 Å². The van der Waals surface area contributed by atoms with Crippen LogP contribution in [0.2, 0.25) is 0 Å². The zero-order valence-corrected chi connectivity index (χ0v) is 20.2. The van der Waals surface area contributed by atoms with Gasteiger partial charge in [0.15, 0.2) is 6.10 Å². The number of nitrogens with zero attached hydrogens (tertiary/aromatic N) is 1. The number of hydrogen-bond acceptors (Lipinski definition) is 4. The zero-order valence-electron chi connectivity index (χ0n) is 17.8. The maximum Gasteiger partial charge on any atom is 0.668 e. The number of hydrogen-bond donors (Lipinski definition) is 0. The summed E-state index contributed by atoms with van der Waals surface area (Å²) in [5.41, 5.74) is 2.11. The number of benzene rings is 1. The first-order valence-corrected chi connectivity index (χ1v) is 12.3. The molecule has 0 amide bonds. The lowest BCUT2D eigenvalue weighted by Crippen LogP contribution is -2.38. The predicted octanol–water partition coefficient (Wildman–Crippen LogP) is 7.56. The van der Waals surface area contributed by atoms with E-state index in [1.54, 1.807) is 24.3 Å². The second-order valence-corrected chi connectivity index (χ2v) is 9.89. The molecule has 0 spiro atoms. The van der Waals surface area contributed by atoms with Crippen LogP contribution < -0.4 is 4.90 Å². The Bertz CT molecular complexity index is 893. The molecule has 0 N–H and O–H groups in total. The third kappa shape index (κ3) is 7.14. The Labute approximate surface area is 196 Å². The van der Waals surface area contributed by atoms with E-state index < -0.39 is 13.2 Å². The van der Waals surface area contributed by atoms with Crippen LogP contribution in [-0.4, -0.2) is 26.3 Å². The molecule has 1 aromatic carbocycles. The van der Waals surface area contributed by atoms with E-state index in [1.165, 1.54) is 17.0 Å². The van der Waals surface area contributed by atoms with Crippen molar-refractivity contribution in [3.63, 3.8) is 0 Å². The van der Waals surface area contributed by atoms with Gasteiger partial charge in [-0.1, -0.05) is 44.9 Å². The molecule has 1 aromatic heterocycles. The molecular weight excluding hydrogens is 483 g/mol.